The number of benzene rings is 2. The predicted octanol–water partition coefficient (Wildman–Crippen LogP) is 4.65. The topological polar surface area (TPSA) is 76.7 Å². The Morgan fingerprint density at radius 1 is 0.966 bits per heavy atom. The Kier molecular flexibility index (Phi) is 8.03. The minimum atomic E-state index is -0.288. The predicted molar refractivity (Wildman–Crippen MR) is 116 cm³/mol. The van der Waals surface area contributed by atoms with Crippen LogP contribution in [0, 0.1) is 0 Å². The first-order valence-electron chi connectivity index (χ1n) is 9.25. The second-order valence-electron chi connectivity index (χ2n) is 6.23. The molecule has 0 aromatic heterocycles. The van der Waals surface area contributed by atoms with Gasteiger partial charge in [0.2, 0.25) is 11.8 Å². The van der Waals surface area contributed by atoms with Crippen LogP contribution in [-0.2, 0) is 9.59 Å². The van der Waals surface area contributed by atoms with Crippen LogP contribution in [0.3, 0.4) is 0 Å². The largest absolute Gasteiger partial charge is 0.497 e. The van der Waals surface area contributed by atoms with E-state index < -0.39 is 0 Å². The lowest BCUT2D eigenvalue weighted by atomic mass is 10.1. The van der Waals surface area contributed by atoms with Crippen molar-refractivity contribution in [1.29, 1.82) is 0 Å². The molecular formula is C23H26N2O4. The van der Waals surface area contributed by atoms with E-state index in [1.54, 1.807) is 44.6 Å². The zero-order chi connectivity index (χ0) is 21.2. The average molecular weight is 394 g/mol. The summed E-state index contributed by atoms with van der Waals surface area (Å²) in [4.78, 5) is 23.7. The average Bonchev–Trinajstić information content (AvgIpc) is 2.72. The fraction of sp³-hybridized carbons (Fsp3) is 0.217. The van der Waals surface area contributed by atoms with Gasteiger partial charge in [-0.05, 0) is 42.3 Å². The van der Waals surface area contributed by atoms with Crippen molar-refractivity contribution in [2.45, 2.75) is 20.3 Å². The van der Waals surface area contributed by atoms with Crippen molar-refractivity contribution in [3.8, 4) is 11.5 Å². The molecular weight excluding hydrogens is 368 g/mol. The number of methoxy groups -OCH3 is 2. The summed E-state index contributed by atoms with van der Waals surface area (Å²) in [5.74, 6) is 0.915. The molecule has 152 valence electrons. The molecule has 0 radical (unpaired) electrons. The molecule has 0 aliphatic heterocycles. The number of carbonyl (C=O) groups is 2. The number of para-hydroxylation sites is 2. The van der Waals surface area contributed by atoms with E-state index in [4.69, 9.17) is 9.47 Å². The van der Waals surface area contributed by atoms with E-state index >= 15 is 0 Å². The summed E-state index contributed by atoms with van der Waals surface area (Å²) < 4.78 is 10.6. The maximum atomic E-state index is 12.4. The molecule has 6 heteroatoms. The van der Waals surface area contributed by atoms with Gasteiger partial charge in [-0.3, -0.25) is 9.59 Å². The van der Waals surface area contributed by atoms with Gasteiger partial charge in [-0.15, -0.1) is 0 Å². The lowest BCUT2D eigenvalue weighted by Gasteiger charge is -2.10. The Labute approximate surface area is 171 Å². The molecule has 6 nitrogen and oxygen atoms in total. The van der Waals surface area contributed by atoms with Crippen molar-refractivity contribution in [3.63, 3.8) is 0 Å². The number of hydrogen-bond acceptors (Lipinski definition) is 4. The van der Waals surface area contributed by atoms with Crippen molar-refractivity contribution in [2.75, 3.05) is 24.9 Å². The van der Waals surface area contributed by atoms with Crippen molar-refractivity contribution < 1.29 is 19.1 Å². The molecule has 0 heterocycles. The van der Waals surface area contributed by atoms with Gasteiger partial charge >= 0.3 is 0 Å². The van der Waals surface area contributed by atoms with Gasteiger partial charge in [0.15, 0.2) is 0 Å². The number of anilines is 2. The lowest BCUT2D eigenvalue weighted by molar-refractivity contribution is -0.114. The lowest BCUT2D eigenvalue weighted by Crippen LogP contribution is -2.12. The minimum Gasteiger partial charge on any atom is -0.497 e. The molecule has 0 fully saturated rings. The summed E-state index contributed by atoms with van der Waals surface area (Å²) in [7, 11) is 3.21. The number of hydrogen-bond donors (Lipinski definition) is 2. The Hall–Kier alpha value is -3.54. The van der Waals surface area contributed by atoms with Crippen molar-refractivity contribution in [1.82, 2.24) is 0 Å². The molecule has 0 bridgehead atoms. The second kappa shape index (κ2) is 10.7. The van der Waals surface area contributed by atoms with Crippen LogP contribution in [-0.4, -0.2) is 26.0 Å². The summed E-state index contributed by atoms with van der Waals surface area (Å²) in [6, 6.07) is 12.6. The maximum Gasteiger partial charge on any atom is 0.248 e. The highest BCUT2D eigenvalue weighted by molar-refractivity contribution is 6.03. The number of nitrogens with one attached hydrogen (secondary N) is 2. The van der Waals surface area contributed by atoms with Crippen LogP contribution < -0.4 is 20.1 Å². The van der Waals surface area contributed by atoms with Gasteiger partial charge in [-0.25, -0.2) is 0 Å². The van der Waals surface area contributed by atoms with Gasteiger partial charge in [0.05, 0.1) is 25.6 Å². The molecule has 29 heavy (non-hydrogen) atoms. The molecule has 0 spiro atoms. The van der Waals surface area contributed by atoms with Crippen molar-refractivity contribution in [2.24, 2.45) is 0 Å². The first-order valence-corrected chi connectivity index (χ1v) is 9.25. The molecule has 0 saturated carbocycles. The monoisotopic (exact) mass is 394 g/mol. The molecule has 0 aliphatic rings. The number of allylic oxidation sites excluding steroid dienone is 2. The van der Waals surface area contributed by atoms with Crippen LogP contribution in [0.1, 0.15) is 25.8 Å². The molecule has 2 amide bonds. The zero-order valence-electron chi connectivity index (χ0n) is 17.1. The van der Waals surface area contributed by atoms with Crippen LogP contribution in [0.5, 0.6) is 11.5 Å². The smallest absolute Gasteiger partial charge is 0.248 e. The van der Waals surface area contributed by atoms with Gasteiger partial charge in [0.1, 0.15) is 11.5 Å². The fourth-order valence-electron chi connectivity index (χ4n) is 2.65. The number of amides is 2. The Balaban J connectivity index is 2.16. The quantitative estimate of drug-likeness (QED) is 0.505. The van der Waals surface area contributed by atoms with Gasteiger partial charge in [-0.2, -0.15) is 0 Å². The van der Waals surface area contributed by atoms with Crippen molar-refractivity contribution >= 4 is 29.3 Å². The molecule has 2 aromatic rings. The minimum absolute atomic E-state index is 0.202. The summed E-state index contributed by atoms with van der Waals surface area (Å²) in [6.07, 6.45) is 5.94. The molecule has 2 aromatic carbocycles. The first-order chi connectivity index (χ1) is 14.0. The maximum absolute atomic E-state index is 12.4. The summed E-state index contributed by atoms with van der Waals surface area (Å²) in [5, 5.41) is 5.48. The fourth-order valence-corrected chi connectivity index (χ4v) is 2.65. The Bertz CT molecular complexity index is 932. The van der Waals surface area contributed by atoms with Crippen molar-refractivity contribution in [3.05, 3.63) is 65.8 Å². The standard InChI is InChI=1S/C23H26N2O4/c1-5-17(14-18-11-12-19(28-3)15-22(18)29-4)10-13-23(27)25-21-9-7-6-8-20(21)24-16(2)26/h6-15H,5H2,1-4H3,(H,24,26)(H,25,27)/b13-10+,17-14+. The number of ether oxygens (including phenoxy) is 2. The van der Waals surface area contributed by atoms with E-state index in [2.05, 4.69) is 10.6 Å². The van der Waals surface area contributed by atoms with E-state index in [1.165, 1.54) is 13.0 Å². The van der Waals surface area contributed by atoms with Crippen LogP contribution >= 0.6 is 0 Å². The highest BCUT2D eigenvalue weighted by atomic mass is 16.5. The van der Waals surface area contributed by atoms with E-state index in [0.717, 1.165) is 17.6 Å². The first kappa shape index (κ1) is 21.8. The van der Waals surface area contributed by atoms with Crippen LogP contribution in [0.2, 0.25) is 0 Å². The van der Waals surface area contributed by atoms with E-state index in [1.807, 2.05) is 31.2 Å². The third-order valence-corrected chi connectivity index (χ3v) is 4.13. The summed E-state index contributed by atoms with van der Waals surface area (Å²) >= 11 is 0. The van der Waals surface area contributed by atoms with Crippen LogP contribution in [0.25, 0.3) is 6.08 Å². The molecule has 0 atom stereocenters. The van der Waals surface area contributed by atoms with Gasteiger partial charge < -0.3 is 20.1 Å². The van der Waals surface area contributed by atoms with Gasteiger partial charge in [0, 0.05) is 24.6 Å². The molecule has 2 rings (SSSR count). The van der Waals surface area contributed by atoms with Crippen LogP contribution in [0.15, 0.2) is 60.2 Å². The summed E-state index contributed by atoms with van der Waals surface area (Å²) in [6.45, 7) is 3.43. The highest BCUT2D eigenvalue weighted by Crippen LogP contribution is 2.27. The van der Waals surface area contributed by atoms with E-state index in [-0.39, 0.29) is 11.8 Å². The molecule has 2 N–H and O–H groups in total. The zero-order valence-corrected chi connectivity index (χ0v) is 17.1. The van der Waals surface area contributed by atoms with E-state index in [9.17, 15) is 9.59 Å². The normalized spacial score (nSPS) is 11.2. The number of carbonyl (C=O) groups excluding carboxylic acids is 2. The Morgan fingerprint density at radius 2 is 1.66 bits per heavy atom. The molecule has 0 saturated heterocycles. The molecule has 0 unspecified atom stereocenters. The third-order valence-electron chi connectivity index (χ3n) is 4.13. The Morgan fingerprint density at radius 3 is 2.24 bits per heavy atom. The number of rotatable bonds is 8. The second-order valence-corrected chi connectivity index (χ2v) is 6.23. The summed E-state index contributed by atoms with van der Waals surface area (Å²) in [5.41, 5.74) is 2.94. The third kappa shape index (κ3) is 6.53. The van der Waals surface area contributed by atoms with E-state index in [0.29, 0.717) is 22.9 Å². The van der Waals surface area contributed by atoms with Gasteiger partial charge in [-0.1, -0.05) is 25.1 Å². The SMILES string of the molecule is CCC(/C=C/C(=O)Nc1ccccc1NC(C)=O)=C\c1ccc(OC)cc1OC. The van der Waals surface area contributed by atoms with Crippen LogP contribution in [0.4, 0.5) is 11.4 Å². The van der Waals surface area contributed by atoms with Gasteiger partial charge in [0.25, 0.3) is 0 Å². The highest BCUT2D eigenvalue weighted by Gasteiger charge is 2.06. The molecule has 0 aliphatic carbocycles.